The van der Waals surface area contributed by atoms with E-state index in [1.807, 2.05) is 24.3 Å². The number of esters is 1. The average Bonchev–Trinajstić information content (AvgIpc) is 2.90. The Morgan fingerprint density at radius 3 is 1.94 bits per heavy atom. The molecular weight excluding hydrogens is 430 g/mol. The lowest BCUT2D eigenvalue weighted by Crippen LogP contribution is -2.09. The number of carbonyl (C=O) groups is 1. The lowest BCUT2D eigenvalue weighted by atomic mass is 10.0. The van der Waals surface area contributed by atoms with Crippen LogP contribution < -0.4 is 4.74 Å². The van der Waals surface area contributed by atoms with Crippen molar-refractivity contribution >= 4 is 5.97 Å². The first-order valence-electron chi connectivity index (χ1n) is 13.1. The SMILES string of the molecule is CCCCCCCCc1ccc(OC(=O)c2ccc(-c3ccc(CCCC)cc3)cc2)c(C#N)c1. The predicted molar refractivity (Wildman–Crippen MR) is 144 cm³/mol. The third-order valence-electron chi connectivity index (χ3n) is 6.41. The zero-order chi connectivity index (χ0) is 24.9. The quantitative estimate of drug-likeness (QED) is 0.143. The van der Waals surface area contributed by atoms with Crippen LogP contribution in [-0.4, -0.2) is 5.97 Å². The van der Waals surface area contributed by atoms with Crippen LogP contribution in [0.15, 0.2) is 66.7 Å². The van der Waals surface area contributed by atoms with Crippen LogP contribution in [0.3, 0.4) is 0 Å². The van der Waals surface area contributed by atoms with Crippen LogP contribution in [0, 0.1) is 11.3 Å². The summed E-state index contributed by atoms with van der Waals surface area (Å²) in [4.78, 5) is 12.7. The van der Waals surface area contributed by atoms with E-state index in [4.69, 9.17) is 4.74 Å². The van der Waals surface area contributed by atoms with E-state index in [0.29, 0.717) is 16.9 Å². The number of nitrogens with zero attached hydrogens (tertiary/aromatic N) is 1. The molecule has 3 nitrogen and oxygen atoms in total. The minimum Gasteiger partial charge on any atom is -0.422 e. The predicted octanol–water partition coefficient (Wildman–Crippen LogP) is 8.69. The summed E-state index contributed by atoms with van der Waals surface area (Å²) in [6.07, 6.45) is 11.9. The van der Waals surface area contributed by atoms with Gasteiger partial charge < -0.3 is 4.74 Å². The highest BCUT2D eigenvalue weighted by Crippen LogP contribution is 2.24. The molecule has 0 aliphatic carbocycles. The average molecular weight is 468 g/mol. The zero-order valence-corrected chi connectivity index (χ0v) is 21.2. The molecule has 0 saturated heterocycles. The molecule has 0 amide bonds. The number of ether oxygens (including phenoxy) is 1. The van der Waals surface area contributed by atoms with Crippen LogP contribution in [-0.2, 0) is 12.8 Å². The highest BCUT2D eigenvalue weighted by molar-refractivity contribution is 5.92. The molecule has 3 rings (SSSR count). The number of rotatable bonds is 13. The van der Waals surface area contributed by atoms with E-state index in [1.54, 1.807) is 18.2 Å². The van der Waals surface area contributed by atoms with Gasteiger partial charge in [-0.05, 0) is 72.2 Å². The van der Waals surface area contributed by atoms with E-state index in [2.05, 4.69) is 44.2 Å². The van der Waals surface area contributed by atoms with Gasteiger partial charge in [0.25, 0.3) is 0 Å². The standard InChI is InChI=1S/C32H37NO2/c1-3-5-7-8-9-10-12-26-15-22-31(30(23-26)24-33)35-32(34)29-20-18-28(19-21-29)27-16-13-25(14-17-27)11-6-4-2/h13-23H,3-12H2,1-2H3. The first-order valence-corrected chi connectivity index (χ1v) is 13.1. The number of unbranched alkanes of at least 4 members (excludes halogenated alkanes) is 6. The Kier molecular flexibility index (Phi) is 10.6. The van der Waals surface area contributed by atoms with Crippen LogP contribution in [0.2, 0.25) is 0 Å². The Bertz CT molecular complexity index is 1110. The van der Waals surface area contributed by atoms with E-state index in [1.165, 1.54) is 50.5 Å². The molecular formula is C32H37NO2. The summed E-state index contributed by atoms with van der Waals surface area (Å²) < 4.78 is 5.58. The summed E-state index contributed by atoms with van der Waals surface area (Å²) in [6, 6.07) is 23.8. The molecule has 35 heavy (non-hydrogen) atoms. The fourth-order valence-corrected chi connectivity index (χ4v) is 4.22. The molecule has 182 valence electrons. The van der Waals surface area contributed by atoms with Gasteiger partial charge in [0, 0.05) is 0 Å². The Hall–Kier alpha value is -3.38. The molecule has 0 aliphatic rings. The smallest absolute Gasteiger partial charge is 0.343 e. The second-order valence-corrected chi connectivity index (χ2v) is 9.23. The summed E-state index contributed by atoms with van der Waals surface area (Å²) in [6.45, 7) is 4.43. The summed E-state index contributed by atoms with van der Waals surface area (Å²) in [5, 5.41) is 9.58. The highest BCUT2D eigenvalue weighted by Gasteiger charge is 2.13. The molecule has 3 aromatic rings. The molecule has 0 spiro atoms. The molecule has 3 aromatic carbocycles. The van der Waals surface area contributed by atoms with Crippen molar-refractivity contribution in [1.29, 1.82) is 5.26 Å². The van der Waals surface area contributed by atoms with Crippen molar-refractivity contribution in [2.45, 2.75) is 78.1 Å². The fraction of sp³-hybridized carbons (Fsp3) is 0.375. The van der Waals surface area contributed by atoms with Gasteiger partial charge in [0.1, 0.15) is 11.8 Å². The number of benzene rings is 3. The van der Waals surface area contributed by atoms with E-state index in [0.717, 1.165) is 36.0 Å². The summed E-state index contributed by atoms with van der Waals surface area (Å²) in [5.74, 6) is -0.137. The van der Waals surface area contributed by atoms with Crippen LogP contribution in [0.25, 0.3) is 11.1 Å². The van der Waals surface area contributed by atoms with Crippen molar-refractivity contribution in [2.24, 2.45) is 0 Å². The van der Waals surface area contributed by atoms with E-state index >= 15 is 0 Å². The molecule has 3 heteroatoms. The topological polar surface area (TPSA) is 50.1 Å². The third kappa shape index (κ3) is 8.11. The summed E-state index contributed by atoms with van der Waals surface area (Å²) in [7, 11) is 0. The van der Waals surface area contributed by atoms with E-state index in [-0.39, 0.29) is 0 Å². The number of carbonyl (C=O) groups excluding carboxylic acids is 1. The number of aryl methyl sites for hydroxylation is 2. The molecule has 0 atom stereocenters. The Labute approximate surface area is 210 Å². The lowest BCUT2D eigenvalue weighted by Gasteiger charge is -2.09. The Morgan fingerprint density at radius 1 is 0.714 bits per heavy atom. The van der Waals surface area contributed by atoms with Crippen molar-refractivity contribution in [3.63, 3.8) is 0 Å². The molecule has 0 bridgehead atoms. The molecule has 0 saturated carbocycles. The van der Waals surface area contributed by atoms with Gasteiger partial charge in [-0.2, -0.15) is 5.26 Å². The van der Waals surface area contributed by atoms with Crippen LogP contribution in [0.1, 0.15) is 92.3 Å². The van der Waals surface area contributed by atoms with E-state index < -0.39 is 5.97 Å². The monoisotopic (exact) mass is 467 g/mol. The zero-order valence-electron chi connectivity index (χ0n) is 21.2. The maximum Gasteiger partial charge on any atom is 0.343 e. The van der Waals surface area contributed by atoms with Gasteiger partial charge in [-0.15, -0.1) is 0 Å². The van der Waals surface area contributed by atoms with Crippen molar-refractivity contribution in [2.75, 3.05) is 0 Å². The van der Waals surface area contributed by atoms with Gasteiger partial charge >= 0.3 is 5.97 Å². The van der Waals surface area contributed by atoms with Crippen LogP contribution in [0.5, 0.6) is 5.75 Å². The molecule has 0 fully saturated rings. The molecule has 0 N–H and O–H groups in total. The number of hydrogen-bond acceptors (Lipinski definition) is 3. The molecule has 0 aliphatic heterocycles. The minimum atomic E-state index is -0.452. The summed E-state index contributed by atoms with van der Waals surface area (Å²) >= 11 is 0. The lowest BCUT2D eigenvalue weighted by molar-refractivity contribution is 0.0734. The molecule has 0 aromatic heterocycles. The van der Waals surface area contributed by atoms with E-state index in [9.17, 15) is 10.1 Å². The van der Waals surface area contributed by atoms with Gasteiger partial charge in [-0.25, -0.2) is 4.79 Å². The largest absolute Gasteiger partial charge is 0.422 e. The van der Waals surface area contributed by atoms with Gasteiger partial charge in [0.2, 0.25) is 0 Å². The highest BCUT2D eigenvalue weighted by atomic mass is 16.5. The normalized spacial score (nSPS) is 10.7. The second-order valence-electron chi connectivity index (χ2n) is 9.23. The molecule has 0 heterocycles. The maximum absolute atomic E-state index is 12.7. The van der Waals surface area contributed by atoms with Gasteiger partial charge in [0.15, 0.2) is 0 Å². The van der Waals surface area contributed by atoms with Crippen molar-refractivity contribution in [1.82, 2.24) is 0 Å². The van der Waals surface area contributed by atoms with Gasteiger partial charge in [-0.1, -0.05) is 94.8 Å². The molecule has 0 radical (unpaired) electrons. The van der Waals surface area contributed by atoms with Crippen molar-refractivity contribution in [3.8, 4) is 22.9 Å². The number of nitriles is 1. The first kappa shape index (κ1) is 26.2. The van der Waals surface area contributed by atoms with Gasteiger partial charge in [0.05, 0.1) is 11.1 Å². The molecule has 0 unspecified atom stereocenters. The van der Waals surface area contributed by atoms with Gasteiger partial charge in [-0.3, -0.25) is 0 Å². The Morgan fingerprint density at radius 2 is 1.29 bits per heavy atom. The Balaban J connectivity index is 1.58. The van der Waals surface area contributed by atoms with Crippen molar-refractivity contribution in [3.05, 3.63) is 89.0 Å². The minimum absolute atomic E-state index is 0.316. The first-order chi connectivity index (χ1) is 17.1. The fourth-order valence-electron chi connectivity index (χ4n) is 4.22. The van der Waals surface area contributed by atoms with Crippen LogP contribution >= 0.6 is 0 Å². The third-order valence-corrected chi connectivity index (χ3v) is 6.41. The maximum atomic E-state index is 12.7. The van der Waals surface area contributed by atoms with Crippen molar-refractivity contribution < 1.29 is 9.53 Å². The number of hydrogen-bond donors (Lipinski definition) is 0. The summed E-state index contributed by atoms with van der Waals surface area (Å²) in [5.41, 5.74) is 5.51. The second kappa shape index (κ2) is 14.1. The van der Waals surface area contributed by atoms with Crippen LogP contribution in [0.4, 0.5) is 0 Å².